The number of esters is 1. The van der Waals surface area contributed by atoms with Gasteiger partial charge in [-0.15, -0.1) is 11.3 Å². The van der Waals surface area contributed by atoms with Crippen molar-refractivity contribution in [2.75, 3.05) is 6.61 Å². The first-order chi connectivity index (χ1) is 9.48. The standard InChI is InChI=1S/C16H22O3S/c1-4-5-8-19-15(18)14-11-9-16(2,3)7-6-12(11)20-13(14)10-17/h10H,4-9H2,1-3H3. The maximum atomic E-state index is 12.3. The van der Waals surface area contributed by atoms with Gasteiger partial charge in [0.25, 0.3) is 0 Å². The molecule has 20 heavy (non-hydrogen) atoms. The molecule has 110 valence electrons. The van der Waals surface area contributed by atoms with Crippen LogP contribution in [0.1, 0.15) is 70.5 Å². The van der Waals surface area contributed by atoms with Crippen LogP contribution in [0.25, 0.3) is 0 Å². The number of rotatable bonds is 5. The number of aryl methyl sites for hydroxylation is 1. The molecule has 0 saturated carbocycles. The number of carbonyl (C=O) groups excluding carboxylic acids is 2. The summed E-state index contributed by atoms with van der Waals surface area (Å²) in [4.78, 5) is 25.2. The van der Waals surface area contributed by atoms with Crippen LogP contribution < -0.4 is 0 Å². The highest BCUT2D eigenvalue weighted by Crippen LogP contribution is 2.41. The van der Waals surface area contributed by atoms with E-state index in [4.69, 9.17) is 4.74 Å². The van der Waals surface area contributed by atoms with Gasteiger partial charge < -0.3 is 4.74 Å². The van der Waals surface area contributed by atoms with Crippen molar-refractivity contribution in [1.82, 2.24) is 0 Å². The molecule has 0 fully saturated rings. The summed E-state index contributed by atoms with van der Waals surface area (Å²) in [6.45, 7) is 6.90. The maximum absolute atomic E-state index is 12.3. The van der Waals surface area contributed by atoms with Crippen molar-refractivity contribution in [3.8, 4) is 0 Å². The lowest BCUT2D eigenvalue weighted by molar-refractivity contribution is 0.0496. The second-order valence-electron chi connectivity index (χ2n) is 6.19. The summed E-state index contributed by atoms with van der Waals surface area (Å²) in [6, 6.07) is 0. The van der Waals surface area contributed by atoms with Crippen molar-refractivity contribution < 1.29 is 14.3 Å². The molecular weight excluding hydrogens is 272 g/mol. The zero-order valence-corrected chi connectivity index (χ0v) is 13.3. The first-order valence-electron chi connectivity index (χ1n) is 7.25. The van der Waals surface area contributed by atoms with E-state index in [0.29, 0.717) is 17.0 Å². The molecule has 0 aromatic carbocycles. The summed E-state index contributed by atoms with van der Waals surface area (Å²) in [5.41, 5.74) is 1.77. The van der Waals surface area contributed by atoms with E-state index in [2.05, 4.69) is 20.8 Å². The predicted octanol–water partition coefficient (Wildman–Crippen LogP) is 4.03. The second-order valence-corrected chi connectivity index (χ2v) is 7.33. The molecule has 1 heterocycles. The van der Waals surface area contributed by atoms with Crippen LogP contribution in [0.3, 0.4) is 0 Å². The Kier molecular flexibility index (Phi) is 4.63. The Hall–Kier alpha value is -1.16. The highest BCUT2D eigenvalue weighted by molar-refractivity contribution is 7.14. The number of hydrogen-bond acceptors (Lipinski definition) is 4. The first kappa shape index (κ1) is 15.2. The average Bonchev–Trinajstić information content (AvgIpc) is 2.75. The van der Waals surface area contributed by atoms with Gasteiger partial charge in [-0.2, -0.15) is 0 Å². The van der Waals surface area contributed by atoms with Crippen LogP contribution in [0.5, 0.6) is 0 Å². The summed E-state index contributed by atoms with van der Waals surface area (Å²) in [7, 11) is 0. The minimum absolute atomic E-state index is 0.187. The van der Waals surface area contributed by atoms with Crippen LogP contribution in [0.4, 0.5) is 0 Å². The Morgan fingerprint density at radius 2 is 2.20 bits per heavy atom. The molecular formula is C16H22O3S. The van der Waals surface area contributed by atoms with E-state index in [1.807, 2.05) is 0 Å². The SMILES string of the molecule is CCCCOC(=O)c1c(C=O)sc2c1CC(C)(C)CC2. The van der Waals surface area contributed by atoms with Crippen LogP contribution in [-0.2, 0) is 17.6 Å². The van der Waals surface area contributed by atoms with Gasteiger partial charge in [0.2, 0.25) is 0 Å². The molecule has 0 N–H and O–H groups in total. The van der Waals surface area contributed by atoms with Crippen molar-refractivity contribution in [2.24, 2.45) is 5.41 Å². The van der Waals surface area contributed by atoms with Crippen molar-refractivity contribution in [3.05, 3.63) is 20.9 Å². The zero-order valence-electron chi connectivity index (χ0n) is 12.5. The Balaban J connectivity index is 2.29. The van der Waals surface area contributed by atoms with E-state index in [1.54, 1.807) is 0 Å². The van der Waals surface area contributed by atoms with Gasteiger partial charge in [-0.1, -0.05) is 27.2 Å². The largest absolute Gasteiger partial charge is 0.462 e. The molecule has 1 aromatic rings. The normalized spacial score (nSPS) is 16.6. The smallest absolute Gasteiger partial charge is 0.340 e. The topological polar surface area (TPSA) is 43.4 Å². The van der Waals surface area contributed by atoms with Crippen molar-refractivity contribution in [2.45, 2.75) is 52.9 Å². The third kappa shape index (κ3) is 3.11. The van der Waals surface area contributed by atoms with Gasteiger partial charge in [-0.3, -0.25) is 4.79 Å². The monoisotopic (exact) mass is 294 g/mol. The van der Waals surface area contributed by atoms with Crippen molar-refractivity contribution in [3.63, 3.8) is 0 Å². The third-order valence-corrected chi connectivity index (χ3v) is 5.06. The summed E-state index contributed by atoms with van der Waals surface area (Å²) in [5.74, 6) is -0.323. The van der Waals surface area contributed by atoms with Crippen LogP contribution >= 0.6 is 11.3 Å². The zero-order chi connectivity index (χ0) is 14.8. The molecule has 1 aromatic heterocycles. The van der Waals surface area contributed by atoms with Crippen LogP contribution in [0.15, 0.2) is 0 Å². The first-order valence-corrected chi connectivity index (χ1v) is 8.07. The van der Waals surface area contributed by atoms with Gasteiger partial charge in [-0.25, -0.2) is 4.79 Å². The van der Waals surface area contributed by atoms with Gasteiger partial charge in [0.1, 0.15) is 0 Å². The maximum Gasteiger partial charge on any atom is 0.340 e. The molecule has 4 heteroatoms. The molecule has 2 rings (SSSR count). The molecule has 0 saturated heterocycles. The average molecular weight is 294 g/mol. The van der Waals surface area contributed by atoms with E-state index in [1.165, 1.54) is 16.2 Å². The molecule has 0 spiro atoms. The number of carbonyl (C=O) groups is 2. The Morgan fingerprint density at radius 3 is 2.85 bits per heavy atom. The molecule has 0 radical (unpaired) electrons. The molecule has 0 unspecified atom stereocenters. The number of hydrogen-bond donors (Lipinski definition) is 0. The Morgan fingerprint density at radius 1 is 1.45 bits per heavy atom. The molecule has 0 bridgehead atoms. The second kappa shape index (κ2) is 6.08. The van der Waals surface area contributed by atoms with Gasteiger partial charge in [0.05, 0.1) is 17.0 Å². The molecule has 0 aliphatic heterocycles. The summed E-state index contributed by atoms with van der Waals surface area (Å²) in [6.07, 6.45) is 5.55. The Labute approximate surface area is 124 Å². The van der Waals surface area contributed by atoms with Crippen molar-refractivity contribution >= 4 is 23.6 Å². The van der Waals surface area contributed by atoms with Gasteiger partial charge in [0.15, 0.2) is 6.29 Å². The Bertz CT molecular complexity index is 514. The number of aldehydes is 1. The number of fused-ring (bicyclic) bond motifs is 1. The number of ether oxygens (including phenoxy) is 1. The minimum Gasteiger partial charge on any atom is -0.462 e. The summed E-state index contributed by atoms with van der Waals surface area (Å²) >= 11 is 1.46. The lowest BCUT2D eigenvalue weighted by atomic mass is 9.76. The summed E-state index contributed by atoms with van der Waals surface area (Å²) < 4.78 is 5.31. The third-order valence-electron chi connectivity index (χ3n) is 3.84. The minimum atomic E-state index is -0.323. The molecule has 3 nitrogen and oxygen atoms in total. The molecule has 0 atom stereocenters. The van der Waals surface area contributed by atoms with E-state index < -0.39 is 0 Å². The lowest BCUT2D eigenvalue weighted by Crippen LogP contribution is -2.23. The fourth-order valence-corrected chi connectivity index (χ4v) is 3.75. The van der Waals surface area contributed by atoms with Gasteiger partial charge >= 0.3 is 5.97 Å². The predicted molar refractivity (Wildman–Crippen MR) is 80.7 cm³/mol. The molecule has 0 amide bonds. The highest BCUT2D eigenvalue weighted by Gasteiger charge is 2.33. The molecule has 1 aliphatic rings. The van der Waals surface area contributed by atoms with Crippen LogP contribution in [0, 0.1) is 5.41 Å². The van der Waals surface area contributed by atoms with E-state index in [-0.39, 0.29) is 11.4 Å². The van der Waals surface area contributed by atoms with Crippen molar-refractivity contribution in [1.29, 1.82) is 0 Å². The van der Waals surface area contributed by atoms with Crippen LogP contribution in [0.2, 0.25) is 0 Å². The van der Waals surface area contributed by atoms with E-state index >= 15 is 0 Å². The van der Waals surface area contributed by atoms with Gasteiger partial charge in [0, 0.05) is 4.88 Å². The fourth-order valence-electron chi connectivity index (χ4n) is 2.63. The quantitative estimate of drug-likeness (QED) is 0.468. The van der Waals surface area contributed by atoms with Gasteiger partial charge in [-0.05, 0) is 36.7 Å². The fraction of sp³-hybridized carbons (Fsp3) is 0.625. The summed E-state index contributed by atoms with van der Waals surface area (Å²) in [5, 5.41) is 0. The van der Waals surface area contributed by atoms with Crippen LogP contribution in [-0.4, -0.2) is 18.9 Å². The number of unbranched alkanes of at least 4 members (excludes halogenated alkanes) is 1. The number of thiophene rings is 1. The van der Waals surface area contributed by atoms with E-state index in [0.717, 1.165) is 44.0 Å². The lowest BCUT2D eigenvalue weighted by Gasteiger charge is -2.29. The highest BCUT2D eigenvalue weighted by atomic mass is 32.1. The van der Waals surface area contributed by atoms with E-state index in [9.17, 15) is 9.59 Å². The molecule has 1 aliphatic carbocycles.